The van der Waals surface area contributed by atoms with Crippen LogP contribution in [-0.4, -0.2) is 31.6 Å². The first-order valence-corrected chi connectivity index (χ1v) is 10.3. The second kappa shape index (κ2) is 6.65. The molecule has 0 radical (unpaired) electrons. The molecule has 6 nitrogen and oxygen atoms in total. The Morgan fingerprint density at radius 2 is 2.03 bits per heavy atom. The third-order valence-corrected chi connectivity index (χ3v) is 6.13. The monoisotopic (exact) mass is 501 g/mol. The number of nitrogens with zero attached hydrogens (tertiary/aromatic N) is 5. The number of aromatic nitrogens is 4. The largest absolute Gasteiger partial charge is 0.305 e. The average Bonchev–Trinajstić information content (AvgIpc) is 3.31. The summed E-state index contributed by atoms with van der Waals surface area (Å²) in [6.07, 6.45) is 5.52. The van der Waals surface area contributed by atoms with E-state index in [1.807, 2.05) is 29.7 Å². The van der Waals surface area contributed by atoms with E-state index < -0.39 is 0 Å². The number of imidazole rings is 1. The Labute approximate surface area is 180 Å². The van der Waals surface area contributed by atoms with Gasteiger partial charge in [-0.1, -0.05) is 0 Å². The Morgan fingerprint density at radius 3 is 2.83 bits per heavy atom. The summed E-state index contributed by atoms with van der Waals surface area (Å²) >= 11 is 2.23. The molecule has 1 aromatic carbocycles. The Kier molecular flexibility index (Phi) is 4.19. The maximum Gasteiger partial charge on any atom is 0.277 e. The molecule has 0 aliphatic carbocycles. The van der Waals surface area contributed by atoms with Gasteiger partial charge in [0.2, 0.25) is 0 Å². The number of rotatable bonds is 2. The van der Waals surface area contributed by atoms with Crippen molar-refractivity contribution in [3.8, 4) is 11.1 Å². The molecule has 3 aromatic heterocycles. The average molecular weight is 501 g/mol. The molecule has 0 spiro atoms. The summed E-state index contributed by atoms with van der Waals surface area (Å²) in [6.45, 7) is 4.21. The van der Waals surface area contributed by atoms with Gasteiger partial charge >= 0.3 is 0 Å². The van der Waals surface area contributed by atoms with Gasteiger partial charge in [0.25, 0.3) is 5.91 Å². The van der Waals surface area contributed by atoms with E-state index in [2.05, 4.69) is 32.7 Å². The first-order valence-electron chi connectivity index (χ1n) is 9.22. The molecule has 29 heavy (non-hydrogen) atoms. The maximum atomic E-state index is 13.7. The van der Waals surface area contributed by atoms with Gasteiger partial charge in [-0.15, -0.1) is 0 Å². The molecule has 4 heterocycles. The number of amides is 1. The Morgan fingerprint density at radius 1 is 1.21 bits per heavy atom. The van der Waals surface area contributed by atoms with Crippen molar-refractivity contribution in [1.29, 1.82) is 0 Å². The fraction of sp³-hybridized carbons (Fsp3) is 0.190. The van der Waals surface area contributed by atoms with Crippen LogP contribution < -0.4 is 4.90 Å². The Balaban J connectivity index is 1.63. The number of carbonyl (C=O) groups excluding carboxylic acids is 1. The molecule has 5 rings (SSSR count). The second-order valence-electron chi connectivity index (χ2n) is 7.28. The Hall–Kier alpha value is -2.75. The highest BCUT2D eigenvalue weighted by Gasteiger charge is 2.34. The lowest BCUT2D eigenvalue weighted by atomic mass is 10.0. The van der Waals surface area contributed by atoms with Crippen molar-refractivity contribution in [2.24, 2.45) is 0 Å². The van der Waals surface area contributed by atoms with Crippen LogP contribution in [0.3, 0.4) is 0 Å². The number of aryl methyl sites for hydroxylation is 1. The van der Waals surface area contributed by atoms with Crippen LogP contribution in [0, 0.1) is 16.4 Å². The van der Waals surface area contributed by atoms with Crippen molar-refractivity contribution in [1.82, 2.24) is 19.2 Å². The number of carbonyl (C=O) groups is 1. The maximum absolute atomic E-state index is 13.7. The highest BCUT2D eigenvalue weighted by molar-refractivity contribution is 14.1. The number of halogens is 2. The van der Waals surface area contributed by atoms with Gasteiger partial charge in [-0.2, -0.15) is 5.10 Å². The quantitative estimate of drug-likeness (QED) is 0.381. The Bertz CT molecular complexity index is 1280. The zero-order valence-corrected chi connectivity index (χ0v) is 18.0. The topological polar surface area (TPSA) is 55.4 Å². The van der Waals surface area contributed by atoms with Crippen LogP contribution in [0.15, 0.2) is 48.9 Å². The normalized spacial score (nSPS) is 16.5. The summed E-state index contributed by atoms with van der Waals surface area (Å²) in [5.74, 6) is -0.415. The molecule has 0 saturated heterocycles. The number of benzene rings is 1. The highest BCUT2D eigenvalue weighted by Crippen LogP contribution is 2.33. The minimum atomic E-state index is -0.278. The SMILES string of the molecule is Cc1cc(N2C[C@H](C)n3ncc(-c4ccc5ncc(I)n5c4)c3C2=O)ccc1F. The molecule has 0 fully saturated rings. The number of fused-ring (bicyclic) bond motifs is 2. The minimum absolute atomic E-state index is 0.000999. The van der Waals surface area contributed by atoms with Gasteiger partial charge in [-0.3, -0.25) is 13.9 Å². The van der Waals surface area contributed by atoms with Gasteiger partial charge < -0.3 is 4.90 Å². The van der Waals surface area contributed by atoms with E-state index >= 15 is 0 Å². The number of pyridine rings is 1. The number of hydrogen-bond acceptors (Lipinski definition) is 3. The highest BCUT2D eigenvalue weighted by atomic mass is 127. The van der Waals surface area contributed by atoms with Crippen molar-refractivity contribution < 1.29 is 9.18 Å². The molecule has 1 atom stereocenters. The van der Waals surface area contributed by atoms with Crippen molar-refractivity contribution in [2.45, 2.75) is 19.9 Å². The zero-order valence-electron chi connectivity index (χ0n) is 15.8. The molecule has 146 valence electrons. The van der Waals surface area contributed by atoms with Crippen LogP contribution in [-0.2, 0) is 0 Å². The van der Waals surface area contributed by atoms with E-state index in [-0.39, 0.29) is 17.8 Å². The molecule has 1 amide bonds. The van der Waals surface area contributed by atoms with Gasteiger partial charge in [0, 0.05) is 29.6 Å². The molecule has 1 aliphatic rings. The lowest BCUT2D eigenvalue weighted by Crippen LogP contribution is -2.42. The van der Waals surface area contributed by atoms with Crippen molar-refractivity contribution in [3.63, 3.8) is 0 Å². The van der Waals surface area contributed by atoms with E-state index in [4.69, 9.17) is 0 Å². The van der Waals surface area contributed by atoms with E-state index in [0.717, 1.165) is 20.5 Å². The van der Waals surface area contributed by atoms with Crippen LogP contribution in [0.2, 0.25) is 0 Å². The zero-order chi connectivity index (χ0) is 20.3. The van der Waals surface area contributed by atoms with E-state index in [1.54, 1.807) is 41.0 Å². The van der Waals surface area contributed by atoms with Crippen LogP contribution >= 0.6 is 22.6 Å². The summed E-state index contributed by atoms with van der Waals surface area (Å²) in [5, 5.41) is 4.50. The lowest BCUT2D eigenvalue weighted by Gasteiger charge is -2.32. The van der Waals surface area contributed by atoms with Crippen molar-refractivity contribution in [2.75, 3.05) is 11.4 Å². The van der Waals surface area contributed by atoms with Gasteiger partial charge in [0.05, 0.1) is 18.4 Å². The summed E-state index contributed by atoms with van der Waals surface area (Å²) in [6, 6.07) is 8.65. The fourth-order valence-electron chi connectivity index (χ4n) is 3.80. The van der Waals surface area contributed by atoms with Crippen LogP contribution in [0.5, 0.6) is 0 Å². The fourth-order valence-corrected chi connectivity index (χ4v) is 4.33. The first-order chi connectivity index (χ1) is 13.9. The van der Waals surface area contributed by atoms with Crippen molar-refractivity contribution in [3.05, 3.63) is 69.7 Å². The molecule has 0 N–H and O–H groups in total. The molecule has 8 heteroatoms. The predicted octanol–water partition coefficient (Wildman–Crippen LogP) is 4.47. The third-order valence-electron chi connectivity index (χ3n) is 5.33. The summed E-state index contributed by atoms with van der Waals surface area (Å²) in [4.78, 5) is 19.5. The summed E-state index contributed by atoms with van der Waals surface area (Å²) < 4.78 is 18.5. The van der Waals surface area contributed by atoms with Gasteiger partial charge in [0.1, 0.15) is 20.9 Å². The third kappa shape index (κ3) is 2.85. The standard InChI is InChI=1S/C21H17FIN5O/c1-12-7-15(4-5-17(12)22)26-10-13(2)28-20(21(26)29)16(8-25-28)14-3-6-19-24-9-18(23)27(19)11-14/h3-9,11,13H,10H2,1-2H3/t13-/m0/s1. The van der Waals surface area contributed by atoms with Crippen molar-refractivity contribution >= 4 is 39.8 Å². The van der Waals surface area contributed by atoms with Crippen LogP contribution in [0.1, 0.15) is 29.0 Å². The number of anilines is 1. The van der Waals surface area contributed by atoms with E-state index in [9.17, 15) is 9.18 Å². The van der Waals surface area contributed by atoms with Gasteiger partial charge in [-0.25, -0.2) is 9.37 Å². The molecule has 4 aromatic rings. The molecule has 1 aliphatic heterocycles. The lowest BCUT2D eigenvalue weighted by molar-refractivity contribution is 0.0954. The summed E-state index contributed by atoms with van der Waals surface area (Å²) in [5.41, 5.74) is 4.27. The molecule has 0 bridgehead atoms. The van der Waals surface area contributed by atoms with E-state index in [0.29, 0.717) is 23.5 Å². The summed E-state index contributed by atoms with van der Waals surface area (Å²) in [7, 11) is 0. The van der Waals surface area contributed by atoms with Crippen LogP contribution in [0.25, 0.3) is 16.8 Å². The first kappa shape index (κ1) is 18.3. The predicted molar refractivity (Wildman–Crippen MR) is 117 cm³/mol. The van der Waals surface area contributed by atoms with Gasteiger partial charge in [-0.05, 0) is 72.3 Å². The van der Waals surface area contributed by atoms with Gasteiger partial charge in [0.15, 0.2) is 0 Å². The second-order valence-corrected chi connectivity index (χ2v) is 8.38. The smallest absolute Gasteiger partial charge is 0.277 e. The van der Waals surface area contributed by atoms with Crippen LogP contribution in [0.4, 0.5) is 10.1 Å². The number of hydrogen-bond donors (Lipinski definition) is 0. The molecule has 0 unspecified atom stereocenters. The minimum Gasteiger partial charge on any atom is -0.305 e. The molecular weight excluding hydrogens is 484 g/mol. The molecular formula is C21H17FIN5O. The molecule has 0 saturated carbocycles. The van der Waals surface area contributed by atoms with E-state index in [1.165, 1.54) is 6.07 Å².